The third-order valence-corrected chi connectivity index (χ3v) is 6.94. The van der Waals surface area contributed by atoms with Crippen molar-refractivity contribution in [1.29, 1.82) is 0 Å². The molecule has 1 aromatic heterocycles. The minimum atomic E-state index is -1.27. The predicted octanol–water partition coefficient (Wildman–Crippen LogP) is 4.36. The number of benzene rings is 2. The van der Waals surface area contributed by atoms with E-state index in [4.69, 9.17) is 16.3 Å². The van der Waals surface area contributed by atoms with Crippen molar-refractivity contribution in [2.45, 2.75) is 19.9 Å². The van der Waals surface area contributed by atoms with E-state index >= 15 is 0 Å². The Morgan fingerprint density at radius 2 is 1.61 bits per heavy atom. The second-order valence-electron chi connectivity index (χ2n) is 7.58. The van der Waals surface area contributed by atoms with E-state index in [1.807, 2.05) is 13.8 Å². The van der Waals surface area contributed by atoms with Gasteiger partial charge < -0.3 is 4.74 Å². The van der Waals surface area contributed by atoms with E-state index in [1.165, 1.54) is 47.6 Å². The number of thiazole rings is 1. The van der Waals surface area contributed by atoms with E-state index in [0.29, 0.717) is 21.3 Å². The molecule has 1 amide bonds. The molecule has 1 aliphatic rings. The van der Waals surface area contributed by atoms with Crippen molar-refractivity contribution in [2.24, 2.45) is 5.92 Å². The molecule has 0 spiro atoms. The van der Waals surface area contributed by atoms with Gasteiger partial charge in [-0.3, -0.25) is 19.3 Å². The quantitative estimate of drug-likeness (QED) is 0.232. The van der Waals surface area contributed by atoms with Gasteiger partial charge in [0.1, 0.15) is 5.92 Å². The molecule has 3 aromatic rings. The molecule has 2 atom stereocenters. The largest absolute Gasteiger partial charge is 0.465 e. The minimum absolute atomic E-state index is 0.273. The van der Waals surface area contributed by atoms with Crippen LogP contribution in [0.15, 0.2) is 48.5 Å². The van der Waals surface area contributed by atoms with E-state index in [9.17, 15) is 19.2 Å². The van der Waals surface area contributed by atoms with Crippen molar-refractivity contribution in [3.05, 3.63) is 80.8 Å². The molecule has 1 aliphatic heterocycles. The molecule has 0 bridgehead atoms. The first-order valence-electron chi connectivity index (χ1n) is 10.0. The average molecular weight is 483 g/mol. The molecule has 2 aromatic carbocycles. The summed E-state index contributed by atoms with van der Waals surface area (Å²) in [6.45, 7) is 3.68. The topological polar surface area (TPSA) is 93.6 Å². The molecule has 1 fully saturated rings. The Bertz CT molecular complexity index is 1250. The second-order valence-corrected chi connectivity index (χ2v) is 9.20. The zero-order valence-electron chi connectivity index (χ0n) is 18.0. The Morgan fingerprint density at radius 1 is 1.00 bits per heavy atom. The van der Waals surface area contributed by atoms with Gasteiger partial charge in [0.2, 0.25) is 5.78 Å². The molecule has 33 heavy (non-hydrogen) atoms. The number of amides is 1. The number of Topliss-reactive ketones (excluding diaryl/α,β-unsaturated/α-hetero) is 2. The summed E-state index contributed by atoms with van der Waals surface area (Å²) in [4.78, 5) is 58.2. The summed E-state index contributed by atoms with van der Waals surface area (Å²) in [6, 6.07) is 11.6. The lowest BCUT2D eigenvalue weighted by molar-refractivity contribution is -0.135. The maximum absolute atomic E-state index is 13.4. The highest BCUT2D eigenvalue weighted by atomic mass is 35.5. The van der Waals surface area contributed by atoms with Gasteiger partial charge in [-0.25, -0.2) is 9.78 Å². The molecule has 0 N–H and O–H groups in total. The SMILES string of the molecule is COC(=O)c1ccc(C2C(C(=O)c3ccc(Cl)cc3)C(=O)C(=O)N2c2nc(C)c(C)s2)cc1. The van der Waals surface area contributed by atoms with Gasteiger partial charge >= 0.3 is 5.97 Å². The zero-order chi connectivity index (χ0) is 23.9. The van der Waals surface area contributed by atoms with Crippen molar-refractivity contribution in [3.63, 3.8) is 0 Å². The molecule has 2 unspecified atom stereocenters. The number of aryl methyl sites for hydroxylation is 2. The van der Waals surface area contributed by atoms with Gasteiger partial charge in [-0.05, 0) is 55.8 Å². The third-order valence-electron chi connectivity index (χ3n) is 5.61. The summed E-state index contributed by atoms with van der Waals surface area (Å²) in [5.41, 5.74) is 1.85. The molecule has 7 nitrogen and oxygen atoms in total. The number of rotatable bonds is 5. The monoisotopic (exact) mass is 482 g/mol. The van der Waals surface area contributed by atoms with Crippen molar-refractivity contribution in [1.82, 2.24) is 4.98 Å². The highest BCUT2D eigenvalue weighted by Crippen LogP contribution is 2.43. The standard InChI is InChI=1S/C24H19ClN2O5S/c1-12-13(2)33-24(26-12)27-19(14-4-6-16(7-5-14)23(31)32-3)18(21(29)22(27)30)20(28)15-8-10-17(25)11-9-15/h4-11,18-19H,1-3H3. The van der Waals surface area contributed by atoms with Crippen LogP contribution >= 0.6 is 22.9 Å². The van der Waals surface area contributed by atoms with Crippen LogP contribution in [0.25, 0.3) is 0 Å². The summed E-state index contributed by atoms with van der Waals surface area (Å²) >= 11 is 7.22. The maximum Gasteiger partial charge on any atom is 0.337 e. The van der Waals surface area contributed by atoms with Gasteiger partial charge in [0, 0.05) is 15.5 Å². The number of aromatic nitrogens is 1. The molecule has 0 radical (unpaired) electrons. The number of nitrogens with zero attached hydrogens (tertiary/aromatic N) is 2. The number of hydrogen-bond donors (Lipinski definition) is 0. The van der Waals surface area contributed by atoms with Gasteiger partial charge in [-0.15, -0.1) is 11.3 Å². The molecule has 9 heteroatoms. The molecular formula is C24H19ClN2O5S. The average Bonchev–Trinajstić information content (AvgIpc) is 3.28. The maximum atomic E-state index is 13.4. The first kappa shape index (κ1) is 22.8. The van der Waals surface area contributed by atoms with E-state index in [2.05, 4.69) is 4.98 Å². The van der Waals surface area contributed by atoms with Crippen molar-refractivity contribution in [3.8, 4) is 0 Å². The summed E-state index contributed by atoms with van der Waals surface area (Å²) in [7, 11) is 1.28. The Labute approximate surface area is 199 Å². The fourth-order valence-electron chi connectivity index (χ4n) is 3.77. The second kappa shape index (κ2) is 8.88. The lowest BCUT2D eigenvalue weighted by Crippen LogP contribution is -2.30. The van der Waals surface area contributed by atoms with Crippen molar-refractivity contribution < 1.29 is 23.9 Å². The van der Waals surface area contributed by atoms with Crippen LogP contribution in [0.2, 0.25) is 5.02 Å². The Kier molecular flexibility index (Phi) is 6.14. The molecule has 1 saturated heterocycles. The molecule has 2 heterocycles. The summed E-state index contributed by atoms with van der Waals surface area (Å²) in [6.07, 6.45) is 0. The number of carbonyl (C=O) groups is 4. The highest BCUT2D eigenvalue weighted by molar-refractivity contribution is 7.16. The van der Waals surface area contributed by atoms with Crippen molar-refractivity contribution in [2.75, 3.05) is 12.0 Å². The minimum Gasteiger partial charge on any atom is -0.465 e. The number of anilines is 1. The van der Waals surface area contributed by atoms with Crippen LogP contribution in [0.3, 0.4) is 0 Å². The van der Waals surface area contributed by atoms with Crippen LogP contribution in [-0.2, 0) is 14.3 Å². The van der Waals surface area contributed by atoms with Crippen LogP contribution < -0.4 is 4.90 Å². The molecule has 0 aliphatic carbocycles. The number of methoxy groups -OCH3 is 1. The number of ketones is 2. The van der Waals surface area contributed by atoms with E-state index in [0.717, 1.165) is 10.6 Å². The van der Waals surface area contributed by atoms with Crippen LogP contribution in [0.4, 0.5) is 5.13 Å². The van der Waals surface area contributed by atoms with Gasteiger partial charge in [0.25, 0.3) is 5.91 Å². The lowest BCUT2D eigenvalue weighted by Gasteiger charge is -2.25. The molecular weight excluding hydrogens is 464 g/mol. The molecule has 168 valence electrons. The first-order valence-corrected chi connectivity index (χ1v) is 11.2. The fraction of sp³-hybridized carbons (Fsp3) is 0.208. The highest BCUT2D eigenvalue weighted by Gasteiger charge is 2.53. The van der Waals surface area contributed by atoms with Gasteiger partial charge in [-0.2, -0.15) is 0 Å². The summed E-state index contributed by atoms with van der Waals surface area (Å²) < 4.78 is 4.74. The summed E-state index contributed by atoms with van der Waals surface area (Å²) in [5.74, 6) is -3.87. The zero-order valence-corrected chi connectivity index (χ0v) is 19.6. The van der Waals surface area contributed by atoms with E-state index in [-0.39, 0.29) is 5.56 Å². The van der Waals surface area contributed by atoms with Crippen LogP contribution in [0.1, 0.15) is 42.9 Å². The third kappa shape index (κ3) is 4.07. The van der Waals surface area contributed by atoms with Crippen molar-refractivity contribution >= 4 is 51.5 Å². The number of halogens is 1. The van der Waals surface area contributed by atoms with E-state index in [1.54, 1.807) is 24.3 Å². The van der Waals surface area contributed by atoms with Crippen LogP contribution in [-0.4, -0.2) is 35.5 Å². The normalized spacial score (nSPS) is 18.0. The summed E-state index contributed by atoms with van der Waals surface area (Å²) in [5, 5.41) is 0.794. The number of esters is 1. The number of hydrogen-bond acceptors (Lipinski definition) is 7. The lowest BCUT2D eigenvalue weighted by atomic mass is 9.86. The Balaban J connectivity index is 1.84. The van der Waals surface area contributed by atoms with Gasteiger partial charge in [-0.1, -0.05) is 23.7 Å². The van der Waals surface area contributed by atoms with E-state index < -0.39 is 35.4 Å². The molecule has 0 saturated carbocycles. The van der Waals surface area contributed by atoms with Crippen LogP contribution in [0, 0.1) is 19.8 Å². The van der Waals surface area contributed by atoms with Gasteiger partial charge in [0.15, 0.2) is 10.9 Å². The number of carbonyl (C=O) groups excluding carboxylic acids is 4. The number of ether oxygens (including phenoxy) is 1. The fourth-order valence-corrected chi connectivity index (χ4v) is 4.84. The Hall–Kier alpha value is -3.36. The molecule has 4 rings (SSSR count). The van der Waals surface area contributed by atoms with Gasteiger partial charge in [0.05, 0.1) is 24.4 Å². The Morgan fingerprint density at radius 3 is 2.15 bits per heavy atom. The first-order chi connectivity index (χ1) is 15.7. The van der Waals surface area contributed by atoms with Crippen LogP contribution in [0.5, 0.6) is 0 Å². The predicted molar refractivity (Wildman–Crippen MR) is 124 cm³/mol. The smallest absolute Gasteiger partial charge is 0.337 e.